The van der Waals surface area contributed by atoms with Gasteiger partial charge in [0.2, 0.25) is 0 Å². The van der Waals surface area contributed by atoms with Crippen LogP contribution in [0.3, 0.4) is 0 Å². The number of aromatic amines is 1. The van der Waals surface area contributed by atoms with Crippen molar-refractivity contribution in [1.82, 2.24) is 20.4 Å². The summed E-state index contributed by atoms with van der Waals surface area (Å²) < 4.78 is 0. The van der Waals surface area contributed by atoms with Gasteiger partial charge < -0.3 is 4.98 Å². The number of aryl methyl sites for hydroxylation is 1. The zero-order chi connectivity index (χ0) is 23.1. The number of amidine groups is 1. The summed E-state index contributed by atoms with van der Waals surface area (Å²) in [5.41, 5.74) is 9.95. The summed E-state index contributed by atoms with van der Waals surface area (Å²) in [4.78, 5) is 13.4. The fraction of sp³-hybridized carbons (Fsp3) is 0.111. The number of hydrogen-bond donors (Lipinski definition) is 2. The number of hydrazone groups is 2. The van der Waals surface area contributed by atoms with Crippen LogP contribution in [-0.2, 0) is 0 Å². The lowest BCUT2D eigenvalue weighted by Gasteiger charge is -2.15. The lowest BCUT2D eigenvalue weighted by molar-refractivity contribution is 0.407. The fourth-order valence-corrected chi connectivity index (χ4v) is 4.26. The molecule has 6 rings (SSSR count). The van der Waals surface area contributed by atoms with Gasteiger partial charge in [-0.05, 0) is 19.9 Å². The van der Waals surface area contributed by atoms with E-state index in [0.29, 0.717) is 5.82 Å². The highest BCUT2D eigenvalue weighted by Crippen LogP contribution is 2.33. The molecule has 3 heterocycles. The first-order valence-electron chi connectivity index (χ1n) is 11.2. The highest BCUT2D eigenvalue weighted by molar-refractivity contribution is 6.45. The Hall–Kier alpha value is -4.52. The summed E-state index contributed by atoms with van der Waals surface area (Å²) in [7, 11) is 0. The van der Waals surface area contributed by atoms with Crippen LogP contribution in [0.4, 0.5) is 5.82 Å². The van der Waals surface area contributed by atoms with E-state index in [-0.39, 0.29) is 6.17 Å². The number of fused-ring (bicyclic) bond motifs is 1. The molecule has 7 nitrogen and oxygen atoms in total. The molecule has 3 aromatic carbocycles. The number of aliphatic imine (C=N–C) groups is 1. The second kappa shape index (κ2) is 8.12. The normalized spacial score (nSPS) is 18.0. The van der Waals surface area contributed by atoms with Gasteiger partial charge >= 0.3 is 0 Å². The molecule has 2 aliphatic heterocycles. The van der Waals surface area contributed by atoms with Gasteiger partial charge in [0.25, 0.3) is 0 Å². The summed E-state index contributed by atoms with van der Waals surface area (Å²) in [6.45, 7) is 4.04. The molecular formula is C27H23N7. The first-order valence-corrected chi connectivity index (χ1v) is 11.2. The summed E-state index contributed by atoms with van der Waals surface area (Å²) in [5.74, 6) is 2.19. The smallest absolute Gasteiger partial charge is 0.182 e. The van der Waals surface area contributed by atoms with Crippen LogP contribution in [0, 0.1) is 6.92 Å². The molecular weight excluding hydrogens is 422 g/mol. The lowest BCUT2D eigenvalue weighted by atomic mass is 10.1. The third-order valence-electron chi connectivity index (χ3n) is 5.94. The van der Waals surface area contributed by atoms with Crippen LogP contribution in [0.2, 0.25) is 0 Å². The molecule has 7 heteroatoms. The number of rotatable bonds is 4. The van der Waals surface area contributed by atoms with Crippen LogP contribution in [-0.4, -0.2) is 38.4 Å². The first kappa shape index (κ1) is 20.1. The van der Waals surface area contributed by atoms with E-state index in [1.54, 1.807) is 0 Å². The van der Waals surface area contributed by atoms with E-state index in [9.17, 15) is 0 Å². The highest BCUT2D eigenvalue weighted by atomic mass is 15.7. The van der Waals surface area contributed by atoms with Gasteiger partial charge in [0.1, 0.15) is 11.5 Å². The van der Waals surface area contributed by atoms with Crippen molar-refractivity contribution in [2.45, 2.75) is 20.0 Å². The van der Waals surface area contributed by atoms with E-state index < -0.39 is 0 Å². The third kappa shape index (κ3) is 3.47. The Morgan fingerprint density at radius 3 is 2.26 bits per heavy atom. The molecule has 2 aliphatic rings. The van der Waals surface area contributed by atoms with Crippen molar-refractivity contribution in [3.8, 4) is 22.6 Å². The van der Waals surface area contributed by atoms with Gasteiger partial charge in [-0.15, -0.1) is 0 Å². The van der Waals surface area contributed by atoms with Gasteiger partial charge in [0, 0.05) is 16.7 Å². The van der Waals surface area contributed by atoms with Gasteiger partial charge in [-0.1, -0.05) is 84.4 Å². The van der Waals surface area contributed by atoms with E-state index in [0.717, 1.165) is 45.5 Å². The van der Waals surface area contributed by atoms with Crippen LogP contribution in [0.15, 0.2) is 100 Å². The van der Waals surface area contributed by atoms with Crippen LogP contribution >= 0.6 is 0 Å². The Balaban J connectivity index is 1.40. The Morgan fingerprint density at radius 2 is 1.53 bits per heavy atom. The van der Waals surface area contributed by atoms with Crippen molar-refractivity contribution in [2.75, 3.05) is 0 Å². The Morgan fingerprint density at radius 1 is 0.824 bits per heavy atom. The molecule has 2 N–H and O–H groups in total. The second-order valence-electron chi connectivity index (χ2n) is 8.38. The van der Waals surface area contributed by atoms with Crippen LogP contribution in [0.25, 0.3) is 22.6 Å². The number of nitrogens with zero attached hydrogens (tertiary/aromatic N) is 5. The highest BCUT2D eigenvalue weighted by Gasteiger charge is 2.39. The van der Waals surface area contributed by atoms with Gasteiger partial charge in [-0.3, -0.25) is 5.43 Å². The van der Waals surface area contributed by atoms with Crippen molar-refractivity contribution >= 4 is 23.1 Å². The second-order valence-corrected chi connectivity index (χ2v) is 8.38. The van der Waals surface area contributed by atoms with Gasteiger partial charge in [-0.25, -0.2) is 15.0 Å². The zero-order valence-corrected chi connectivity index (χ0v) is 18.9. The maximum atomic E-state index is 5.02. The summed E-state index contributed by atoms with van der Waals surface area (Å²) >= 11 is 0. The monoisotopic (exact) mass is 445 g/mol. The van der Waals surface area contributed by atoms with E-state index in [1.165, 1.54) is 5.56 Å². The molecule has 166 valence electrons. The molecule has 0 aliphatic carbocycles. The van der Waals surface area contributed by atoms with Crippen molar-refractivity contribution in [3.05, 3.63) is 96.1 Å². The van der Waals surface area contributed by atoms with Gasteiger partial charge in [0.05, 0.1) is 11.4 Å². The SMILES string of the molecule is CC1=NN2C(c3cccc(C)c3)=NNC2C1=Nc1nc(-c2ccccc2)[nH]c1-c1ccccc1. The molecule has 4 aromatic rings. The zero-order valence-electron chi connectivity index (χ0n) is 18.9. The van der Waals surface area contributed by atoms with E-state index in [1.807, 2.05) is 72.6 Å². The number of H-pyrrole nitrogens is 1. The Labute approximate surface area is 197 Å². The Bertz CT molecular complexity index is 1450. The minimum Gasteiger partial charge on any atom is -0.336 e. The van der Waals surface area contributed by atoms with Gasteiger partial charge in [-0.2, -0.15) is 10.2 Å². The van der Waals surface area contributed by atoms with Gasteiger partial charge in [0.15, 0.2) is 17.8 Å². The van der Waals surface area contributed by atoms with E-state index >= 15 is 0 Å². The molecule has 0 saturated carbocycles. The molecule has 1 aromatic heterocycles. The minimum absolute atomic E-state index is 0.268. The Kier molecular flexibility index (Phi) is 4.80. The molecule has 0 spiro atoms. The largest absolute Gasteiger partial charge is 0.336 e. The summed E-state index contributed by atoms with van der Waals surface area (Å²) in [6.07, 6.45) is -0.268. The van der Waals surface area contributed by atoms with Crippen LogP contribution < -0.4 is 5.43 Å². The summed E-state index contributed by atoms with van der Waals surface area (Å²) in [5, 5.41) is 11.2. The van der Waals surface area contributed by atoms with E-state index in [2.05, 4.69) is 46.7 Å². The first-order chi connectivity index (χ1) is 16.7. The molecule has 0 radical (unpaired) electrons. The average Bonchev–Trinajstić information content (AvgIpc) is 3.55. The topological polar surface area (TPSA) is 81.0 Å². The number of hydrogen-bond acceptors (Lipinski definition) is 6. The van der Waals surface area contributed by atoms with Crippen LogP contribution in [0.5, 0.6) is 0 Å². The number of aromatic nitrogens is 2. The average molecular weight is 446 g/mol. The fourth-order valence-electron chi connectivity index (χ4n) is 4.26. The lowest BCUT2D eigenvalue weighted by Crippen LogP contribution is -2.39. The predicted molar refractivity (Wildman–Crippen MR) is 136 cm³/mol. The van der Waals surface area contributed by atoms with Crippen molar-refractivity contribution in [2.24, 2.45) is 15.2 Å². The summed E-state index contributed by atoms with van der Waals surface area (Å²) in [6, 6.07) is 28.5. The van der Waals surface area contributed by atoms with Crippen molar-refractivity contribution < 1.29 is 0 Å². The molecule has 0 amide bonds. The third-order valence-corrected chi connectivity index (χ3v) is 5.94. The molecule has 1 atom stereocenters. The molecule has 0 saturated heterocycles. The van der Waals surface area contributed by atoms with E-state index in [4.69, 9.17) is 15.1 Å². The number of benzene rings is 3. The standard InChI is InChI=1S/C27H23N7/c1-17-10-9-15-21(16-17)26-31-32-27-22(18(2)33-34(26)27)28-25-23(19-11-5-3-6-12-19)29-24(30-25)20-13-7-4-8-14-20/h3-16,27,32H,1-2H3,(H,29,30). The molecule has 0 bridgehead atoms. The molecule has 1 unspecified atom stereocenters. The predicted octanol–water partition coefficient (Wildman–Crippen LogP) is 5.11. The maximum absolute atomic E-state index is 5.02. The van der Waals surface area contributed by atoms with Crippen LogP contribution in [0.1, 0.15) is 18.1 Å². The quantitative estimate of drug-likeness (QED) is 0.458. The maximum Gasteiger partial charge on any atom is 0.182 e. The number of nitrogens with one attached hydrogen (secondary N) is 2. The number of imidazole rings is 1. The molecule has 0 fully saturated rings. The van der Waals surface area contributed by atoms with Crippen molar-refractivity contribution in [1.29, 1.82) is 0 Å². The minimum atomic E-state index is -0.268. The van der Waals surface area contributed by atoms with Crippen molar-refractivity contribution in [3.63, 3.8) is 0 Å². The molecule has 34 heavy (non-hydrogen) atoms.